The van der Waals surface area contributed by atoms with Crippen molar-refractivity contribution in [3.8, 4) is 0 Å². The van der Waals surface area contributed by atoms with Crippen LogP contribution in [0.15, 0.2) is 6.07 Å². The Morgan fingerprint density at radius 3 is 2.95 bits per heavy atom. The Morgan fingerprint density at radius 1 is 1.48 bits per heavy atom. The van der Waals surface area contributed by atoms with Crippen LogP contribution in [-0.4, -0.2) is 53.7 Å². The Balaban J connectivity index is 1.98. The summed E-state index contributed by atoms with van der Waals surface area (Å²) in [4.78, 5) is 25.3. The van der Waals surface area contributed by atoms with Crippen molar-refractivity contribution >= 4 is 28.7 Å². The molecule has 0 bridgehead atoms. The third kappa shape index (κ3) is 2.89. The summed E-state index contributed by atoms with van der Waals surface area (Å²) in [5.74, 6) is 0.811. The predicted molar refractivity (Wildman–Crippen MR) is 79.3 cm³/mol. The van der Waals surface area contributed by atoms with Gasteiger partial charge >= 0.3 is 0 Å². The quantitative estimate of drug-likeness (QED) is 0.731. The smallest absolute Gasteiger partial charge is 0.236 e. The lowest BCUT2D eigenvalue weighted by molar-refractivity contribution is -0.116. The summed E-state index contributed by atoms with van der Waals surface area (Å²) in [6.45, 7) is 4.82. The molecule has 0 aromatic carbocycles. The maximum atomic E-state index is 11.0. The van der Waals surface area contributed by atoms with Crippen LogP contribution in [0.3, 0.4) is 0 Å². The molecule has 112 valence electrons. The van der Waals surface area contributed by atoms with Gasteiger partial charge in [-0.15, -0.1) is 0 Å². The van der Waals surface area contributed by atoms with Gasteiger partial charge in [-0.2, -0.15) is 9.97 Å². The minimum atomic E-state index is -0.429. The number of nitrogens with zero attached hydrogens (tertiary/aromatic N) is 3. The van der Waals surface area contributed by atoms with Gasteiger partial charge in [-0.1, -0.05) is 0 Å². The van der Waals surface area contributed by atoms with Gasteiger partial charge in [0.2, 0.25) is 11.9 Å². The van der Waals surface area contributed by atoms with Crippen molar-refractivity contribution in [2.75, 3.05) is 43.1 Å². The number of anilines is 2. The van der Waals surface area contributed by atoms with Crippen molar-refractivity contribution in [2.45, 2.75) is 6.92 Å². The number of nitrogens with one attached hydrogen (secondary N) is 2. The number of H-pyrrole nitrogens is 1. The van der Waals surface area contributed by atoms with Crippen molar-refractivity contribution < 1.29 is 9.53 Å². The first-order valence-electron chi connectivity index (χ1n) is 6.86. The molecule has 1 aliphatic heterocycles. The average molecular weight is 290 g/mol. The first-order chi connectivity index (χ1) is 10.1. The van der Waals surface area contributed by atoms with E-state index >= 15 is 0 Å². The van der Waals surface area contributed by atoms with Gasteiger partial charge in [0.1, 0.15) is 11.5 Å². The number of rotatable bonds is 4. The lowest BCUT2D eigenvalue weighted by Crippen LogP contribution is -2.37. The van der Waals surface area contributed by atoms with Crippen LogP contribution in [0, 0.1) is 6.92 Å². The number of aromatic nitrogens is 3. The molecule has 0 unspecified atom stereocenters. The minimum Gasteiger partial charge on any atom is -0.378 e. The van der Waals surface area contributed by atoms with E-state index in [0.717, 1.165) is 29.8 Å². The first-order valence-corrected chi connectivity index (χ1v) is 6.86. The highest BCUT2D eigenvalue weighted by atomic mass is 16.5. The molecule has 4 N–H and O–H groups in total. The van der Waals surface area contributed by atoms with E-state index in [4.69, 9.17) is 10.5 Å². The molecule has 21 heavy (non-hydrogen) atoms. The number of aromatic amines is 1. The van der Waals surface area contributed by atoms with Crippen molar-refractivity contribution in [2.24, 2.45) is 5.73 Å². The van der Waals surface area contributed by atoms with Crippen LogP contribution in [0.2, 0.25) is 0 Å². The molecule has 1 amide bonds. The van der Waals surface area contributed by atoms with E-state index in [-0.39, 0.29) is 6.54 Å². The monoisotopic (exact) mass is 290 g/mol. The molecule has 2 aromatic rings. The van der Waals surface area contributed by atoms with E-state index in [2.05, 4.69) is 25.2 Å². The molecule has 8 heteroatoms. The highest BCUT2D eigenvalue weighted by Crippen LogP contribution is 2.24. The third-order valence-corrected chi connectivity index (χ3v) is 3.33. The number of fused-ring (bicyclic) bond motifs is 1. The molecule has 0 atom stereocenters. The molecule has 2 aromatic heterocycles. The lowest BCUT2D eigenvalue weighted by atomic mass is 10.3. The number of nitrogens with two attached hydrogens (primary N) is 1. The van der Waals surface area contributed by atoms with E-state index in [1.165, 1.54) is 0 Å². The predicted octanol–water partition coefficient (Wildman–Crippen LogP) is 0.000120. The van der Waals surface area contributed by atoms with Crippen molar-refractivity contribution in [1.29, 1.82) is 0 Å². The van der Waals surface area contributed by atoms with Gasteiger partial charge in [-0.05, 0) is 13.0 Å². The SMILES string of the molecule is Cc1cc2c(NCC(N)=O)nc(N3CCOCC3)nc2[nH]1. The van der Waals surface area contributed by atoms with Crippen LogP contribution in [0.1, 0.15) is 5.69 Å². The van der Waals surface area contributed by atoms with Crippen molar-refractivity contribution in [1.82, 2.24) is 15.0 Å². The van der Waals surface area contributed by atoms with E-state index in [1.54, 1.807) is 0 Å². The van der Waals surface area contributed by atoms with E-state index in [0.29, 0.717) is 25.0 Å². The second-order valence-corrected chi connectivity index (χ2v) is 5.01. The van der Waals surface area contributed by atoms with E-state index in [9.17, 15) is 4.79 Å². The van der Waals surface area contributed by atoms with Crippen LogP contribution in [0.4, 0.5) is 11.8 Å². The number of primary amides is 1. The molecule has 8 nitrogen and oxygen atoms in total. The Morgan fingerprint density at radius 2 is 2.24 bits per heavy atom. The normalized spacial score (nSPS) is 15.4. The van der Waals surface area contributed by atoms with Crippen LogP contribution in [0.5, 0.6) is 0 Å². The number of amides is 1. The molecular formula is C13H18N6O2. The van der Waals surface area contributed by atoms with Crippen molar-refractivity contribution in [3.63, 3.8) is 0 Å². The second kappa shape index (κ2) is 5.57. The molecule has 3 rings (SSSR count). The topological polar surface area (TPSA) is 109 Å². The maximum Gasteiger partial charge on any atom is 0.236 e. The Kier molecular flexibility index (Phi) is 3.61. The molecule has 0 aliphatic carbocycles. The second-order valence-electron chi connectivity index (χ2n) is 5.01. The van der Waals surface area contributed by atoms with Crippen LogP contribution >= 0.6 is 0 Å². The minimum absolute atomic E-state index is 0.0406. The average Bonchev–Trinajstić information content (AvgIpc) is 2.85. The highest BCUT2D eigenvalue weighted by Gasteiger charge is 2.17. The Bertz CT molecular complexity index is 662. The number of morpholine rings is 1. The molecule has 0 radical (unpaired) electrons. The molecule has 3 heterocycles. The van der Waals surface area contributed by atoms with Gasteiger partial charge in [0, 0.05) is 18.8 Å². The van der Waals surface area contributed by atoms with Gasteiger partial charge < -0.3 is 25.7 Å². The van der Waals surface area contributed by atoms with Crippen LogP contribution in [-0.2, 0) is 9.53 Å². The number of hydrogen-bond acceptors (Lipinski definition) is 6. The van der Waals surface area contributed by atoms with Crippen LogP contribution < -0.4 is 16.0 Å². The number of hydrogen-bond donors (Lipinski definition) is 3. The summed E-state index contributed by atoms with van der Waals surface area (Å²) >= 11 is 0. The number of aryl methyl sites for hydroxylation is 1. The fourth-order valence-corrected chi connectivity index (χ4v) is 2.34. The summed E-state index contributed by atoms with van der Waals surface area (Å²) in [7, 11) is 0. The van der Waals surface area contributed by atoms with Crippen LogP contribution in [0.25, 0.3) is 11.0 Å². The van der Waals surface area contributed by atoms with Crippen molar-refractivity contribution in [3.05, 3.63) is 11.8 Å². The summed E-state index contributed by atoms with van der Waals surface area (Å²) in [6.07, 6.45) is 0. The van der Waals surface area contributed by atoms with E-state index < -0.39 is 5.91 Å². The molecule has 1 aliphatic rings. The van der Waals surface area contributed by atoms with E-state index in [1.807, 2.05) is 13.0 Å². The molecule has 0 saturated carbocycles. The van der Waals surface area contributed by atoms with Gasteiger partial charge in [0.25, 0.3) is 0 Å². The molecular weight excluding hydrogens is 272 g/mol. The zero-order chi connectivity index (χ0) is 14.8. The number of carbonyl (C=O) groups is 1. The maximum absolute atomic E-state index is 11.0. The Hall–Kier alpha value is -2.35. The number of carbonyl (C=O) groups excluding carboxylic acids is 1. The largest absolute Gasteiger partial charge is 0.378 e. The first kappa shape index (κ1) is 13.6. The van der Waals surface area contributed by atoms with Gasteiger partial charge in [-0.25, -0.2) is 0 Å². The zero-order valence-electron chi connectivity index (χ0n) is 11.8. The summed E-state index contributed by atoms with van der Waals surface area (Å²) in [5.41, 5.74) is 6.92. The summed E-state index contributed by atoms with van der Waals surface area (Å²) < 4.78 is 5.34. The van der Waals surface area contributed by atoms with Gasteiger partial charge in [-0.3, -0.25) is 4.79 Å². The molecule has 1 fully saturated rings. The zero-order valence-corrected chi connectivity index (χ0v) is 11.8. The lowest BCUT2D eigenvalue weighted by Gasteiger charge is -2.27. The fourth-order valence-electron chi connectivity index (χ4n) is 2.34. The van der Waals surface area contributed by atoms with Gasteiger partial charge in [0.15, 0.2) is 0 Å². The highest BCUT2D eigenvalue weighted by molar-refractivity contribution is 5.90. The van der Waals surface area contributed by atoms with Gasteiger partial charge in [0.05, 0.1) is 25.1 Å². The third-order valence-electron chi connectivity index (χ3n) is 3.33. The summed E-state index contributed by atoms with van der Waals surface area (Å²) in [6, 6.07) is 1.95. The summed E-state index contributed by atoms with van der Waals surface area (Å²) in [5, 5.41) is 3.83. The number of ether oxygens (including phenoxy) is 1. The molecule has 0 spiro atoms. The standard InChI is InChI=1S/C13H18N6O2/c1-8-6-9-11(15-7-10(14)20)17-13(18-12(9)16-8)19-2-4-21-5-3-19/h6H,2-5,7H2,1H3,(H2,14,20)(H2,15,16,17,18). The Labute approximate surface area is 121 Å². The fraction of sp³-hybridized carbons (Fsp3) is 0.462. The molecule has 1 saturated heterocycles.